The molecule has 0 rings (SSSR count). The fourth-order valence-corrected chi connectivity index (χ4v) is 1.13. The first-order valence-electron chi connectivity index (χ1n) is 3.95. The van der Waals surface area contributed by atoms with Gasteiger partial charge in [0, 0.05) is 19.8 Å². The summed E-state index contributed by atoms with van der Waals surface area (Å²) < 4.78 is 19.5. The zero-order valence-corrected chi connectivity index (χ0v) is 9.50. The van der Waals surface area contributed by atoms with Crippen molar-refractivity contribution in [2.75, 3.05) is 27.4 Å². The van der Waals surface area contributed by atoms with Crippen molar-refractivity contribution < 1.29 is 23.1 Å². The summed E-state index contributed by atoms with van der Waals surface area (Å²) in [4.78, 5) is 10.9. The first kappa shape index (κ1) is 13.5. The molecular weight excluding hydrogens is 207 g/mol. The number of rotatable bonds is 7. The van der Waals surface area contributed by atoms with E-state index in [2.05, 4.69) is 6.58 Å². The second kappa shape index (κ2) is 7.88. The summed E-state index contributed by atoms with van der Waals surface area (Å²) in [7, 11) is 1.65. The van der Waals surface area contributed by atoms with Crippen molar-refractivity contribution >= 4 is 14.6 Å². The fourth-order valence-electron chi connectivity index (χ4n) is 0.549. The van der Waals surface area contributed by atoms with Gasteiger partial charge >= 0.3 is 14.6 Å². The van der Waals surface area contributed by atoms with E-state index in [1.807, 2.05) is 0 Å². The van der Waals surface area contributed by atoms with Gasteiger partial charge in [-0.05, 0) is 6.92 Å². The van der Waals surface area contributed by atoms with Crippen LogP contribution >= 0.6 is 8.60 Å². The van der Waals surface area contributed by atoms with Crippen molar-refractivity contribution in [1.29, 1.82) is 0 Å². The van der Waals surface area contributed by atoms with Crippen LogP contribution in [0.25, 0.3) is 0 Å². The molecule has 5 nitrogen and oxygen atoms in total. The van der Waals surface area contributed by atoms with E-state index < -0.39 is 14.6 Å². The molecule has 0 amide bonds. The van der Waals surface area contributed by atoms with Gasteiger partial charge in [0.1, 0.15) is 6.61 Å². The Morgan fingerprint density at radius 3 is 2.29 bits per heavy atom. The van der Waals surface area contributed by atoms with Crippen molar-refractivity contribution in [2.45, 2.75) is 6.92 Å². The Morgan fingerprint density at radius 2 is 1.86 bits per heavy atom. The standard InChI is InChI=1S/C8H15O5P/c1-7(2)8(9)12-5-6-13-14(10-3)11-4/h1,5-6H2,2-4H3. The first-order chi connectivity index (χ1) is 6.61. The molecular formula is C8H15O5P. The van der Waals surface area contributed by atoms with Gasteiger partial charge in [-0.25, -0.2) is 4.79 Å². The van der Waals surface area contributed by atoms with Gasteiger partial charge in [0.05, 0.1) is 6.61 Å². The third-order valence-corrected chi connectivity index (χ3v) is 2.15. The average molecular weight is 222 g/mol. The second-order valence-corrected chi connectivity index (χ2v) is 3.77. The van der Waals surface area contributed by atoms with Crippen molar-refractivity contribution in [2.24, 2.45) is 0 Å². The number of hydrogen-bond acceptors (Lipinski definition) is 5. The van der Waals surface area contributed by atoms with Gasteiger partial charge in [0.2, 0.25) is 0 Å². The highest BCUT2D eigenvalue weighted by molar-refractivity contribution is 7.41. The molecule has 0 unspecified atom stereocenters. The Morgan fingerprint density at radius 1 is 1.29 bits per heavy atom. The van der Waals surface area contributed by atoms with E-state index >= 15 is 0 Å². The third-order valence-electron chi connectivity index (χ3n) is 1.16. The minimum absolute atomic E-state index is 0.164. The van der Waals surface area contributed by atoms with Crippen LogP contribution in [-0.2, 0) is 23.1 Å². The van der Waals surface area contributed by atoms with Crippen molar-refractivity contribution in [3.8, 4) is 0 Å². The van der Waals surface area contributed by atoms with Gasteiger partial charge in [-0.15, -0.1) is 0 Å². The van der Waals surface area contributed by atoms with E-state index in [9.17, 15) is 4.79 Å². The summed E-state index contributed by atoms with van der Waals surface area (Å²) in [6, 6.07) is 0. The number of ether oxygens (including phenoxy) is 1. The molecule has 0 heterocycles. The van der Waals surface area contributed by atoms with Crippen LogP contribution in [0.4, 0.5) is 0 Å². The maximum Gasteiger partial charge on any atom is 0.333 e. The van der Waals surface area contributed by atoms with Crippen LogP contribution in [0.15, 0.2) is 12.2 Å². The van der Waals surface area contributed by atoms with Crippen LogP contribution in [0.5, 0.6) is 0 Å². The lowest BCUT2D eigenvalue weighted by Crippen LogP contribution is -2.10. The molecule has 0 aromatic heterocycles. The Hall–Kier alpha value is -0.480. The van der Waals surface area contributed by atoms with Crippen LogP contribution < -0.4 is 0 Å². The molecule has 0 fully saturated rings. The average Bonchev–Trinajstić information content (AvgIpc) is 2.17. The van der Waals surface area contributed by atoms with E-state index in [4.69, 9.17) is 18.3 Å². The highest BCUT2D eigenvalue weighted by Crippen LogP contribution is 2.36. The summed E-state index contributed by atoms with van der Waals surface area (Å²) in [6.07, 6.45) is 0. The topological polar surface area (TPSA) is 54.0 Å². The summed E-state index contributed by atoms with van der Waals surface area (Å²) in [5.74, 6) is -0.423. The molecule has 0 bridgehead atoms. The van der Waals surface area contributed by atoms with Gasteiger partial charge < -0.3 is 18.3 Å². The molecule has 14 heavy (non-hydrogen) atoms. The molecule has 0 spiro atoms. The monoisotopic (exact) mass is 222 g/mol. The Balaban J connectivity index is 3.46. The molecule has 0 saturated carbocycles. The molecule has 0 aromatic carbocycles. The van der Waals surface area contributed by atoms with E-state index in [1.165, 1.54) is 14.2 Å². The van der Waals surface area contributed by atoms with Gasteiger partial charge in [-0.1, -0.05) is 6.58 Å². The SMILES string of the molecule is C=C(C)C(=O)OCCOP(OC)OC. The summed E-state index contributed by atoms with van der Waals surface area (Å²) in [5, 5.41) is 0. The zero-order chi connectivity index (χ0) is 11.0. The van der Waals surface area contributed by atoms with Crippen molar-refractivity contribution in [1.82, 2.24) is 0 Å². The van der Waals surface area contributed by atoms with Gasteiger partial charge in [-0.2, -0.15) is 0 Å². The molecule has 6 heteroatoms. The lowest BCUT2D eigenvalue weighted by Gasteiger charge is -2.11. The Labute approximate surface area is 85.0 Å². The first-order valence-corrected chi connectivity index (χ1v) is 5.05. The van der Waals surface area contributed by atoms with Crippen molar-refractivity contribution in [3.63, 3.8) is 0 Å². The van der Waals surface area contributed by atoms with Gasteiger partial charge in [0.25, 0.3) is 0 Å². The van der Waals surface area contributed by atoms with E-state index in [-0.39, 0.29) is 13.2 Å². The van der Waals surface area contributed by atoms with Crippen LogP contribution in [0.2, 0.25) is 0 Å². The van der Waals surface area contributed by atoms with Crippen LogP contribution in [0.1, 0.15) is 6.92 Å². The minimum Gasteiger partial charge on any atom is -0.460 e. The molecule has 0 radical (unpaired) electrons. The third kappa shape index (κ3) is 6.05. The molecule has 0 aliphatic heterocycles. The summed E-state index contributed by atoms with van der Waals surface area (Å²) in [6.45, 7) is 5.43. The zero-order valence-electron chi connectivity index (χ0n) is 8.61. The number of hydrogen-bond donors (Lipinski definition) is 0. The lowest BCUT2D eigenvalue weighted by atomic mass is 10.4. The number of carbonyl (C=O) groups excluding carboxylic acids is 1. The predicted molar refractivity (Wildman–Crippen MR) is 52.7 cm³/mol. The minimum atomic E-state index is -1.32. The molecule has 0 atom stereocenters. The van der Waals surface area contributed by atoms with Crippen LogP contribution in [-0.4, -0.2) is 33.4 Å². The van der Waals surface area contributed by atoms with Gasteiger partial charge in [0.15, 0.2) is 0 Å². The van der Waals surface area contributed by atoms with E-state index in [1.54, 1.807) is 6.92 Å². The summed E-state index contributed by atoms with van der Waals surface area (Å²) in [5.41, 5.74) is 0.366. The van der Waals surface area contributed by atoms with Gasteiger partial charge in [-0.3, -0.25) is 0 Å². The smallest absolute Gasteiger partial charge is 0.333 e. The van der Waals surface area contributed by atoms with E-state index in [0.717, 1.165) is 0 Å². The molecule has 82 valence electrons. The second-order valence-electron chi connectivity index (χ2n) is 2.34. The highest BCUT2D eigenvalue weighted by atomic mass is 31.2. The quantitative estimate of drug-likeness (QED) is 0.283. The molecule has 0 aromatic rings. The summed E-state index contributed by atoms with van der Waals surface area (Å²) >= 11 is 0. The largest absolute Gasteiger partial charge is 0.460 e. The fraction of sp³-hybridized carbons (Fsp3) is 0.625. The molecule has 0 aliphatic rings. The maximum absolute atomic E-state index is 10.9. The maximum atomic E-state index is 10.9. The van der Waals surface area contributed by atoms with Crippen LogP contribution in [0, 0.1) is 0 Å². The van der Waals surface area contributed by atoms with E-state index in [0.29, 0.717) is 5.57 Å². The predicted octanol–water partition coefficient (Wildman–Crippen LogP) is 1.64. The number of carbonyl (C=O) groups is 1. The Kier molecular flexibility index (Phi) is 7.61. The lowest BCUT2D eigenvalue weighted by molar-refractivity contribution is -0.139. The highest BCUT2D eigenvalue weighted by Gasteiger charge is 2.08. The number of esters is 1. The molecule has 0 aliphatic carbocycles. The van der Waals surface area contributed by atoms with Crippen LogP contribution in [0.3, 0.4) is 0 Å². The van der Waals surface area contributed by atoms with Crippen molar-refractivity contribution in [3.05, 3.63) is 12.2 Å². The molecule has 0 N–H and O–H groups in total. The molecule has 0 saturated heterocycles. The Bertz CT molecular complexity index is 190. The normalized spacial score (nSPS) is 10.3.